The molecule has 3 rings (SSSR count). The van der Waals surface area contributed by atoms with Crippen LogP contribution in [0.2, 0.25) is 0 Å². The number of phenols is 1. The van der Waals surface area contributed by atoms with Crippen LogP contribution in [0.25, 0.3) is 11.4 Å². The summed E-state index contributed by atoms with van der Waals surface area (Å²) in [6.07, 6.45) is 0. The molecule has 3 N–H and O–H groups in total. The smallest absolute Gasteiger partial charge is 0.234 e. The first-order valence-electron chi connectivity index (χ1n) is 7.11. The number of hydrogen-bond donors (Lipinski definition) is 3. The number of nitrogens with one attached hydrogen (secondary N) is 2. The third-order valence-electron chi connectivity index (χ3n) is 3.16. The molecule has 9 heteroatoms. The van der Waals surface area contributed by atoms with Gasteiger partial charge >= 0.3 is 0 Å². The summed E-state index contributed by atoms with van der Waals surface area (Å²) in [7, 11) is 0. The van der Waals surface area contributed by atoms with Gasteiger partial charge in [0, 0.05) is 4.47 Å². The molecule has 1 amide bonds. The van der Waals surface area contributed by atoms with E-state index in [1.165, 1.54) is 18.2 Å². The highest BCUT2D eigenvalue weighted by molar-refractivity contribution is 9.10. The third-order valence-corrected chi connectivity index (χ3v) is 4.50. The van der Waals surface area contributed by atoms with Crippen LogP contribution in [0.15, 0.2) is 52.1 Å². The maximum Gasteiger partial charge on any atom is 0.234 e. The number of benzene rings is 2. The van der Waals surface area contributed by atoms with Gasteiger partial charge in [0.05, 0.1) is 17.0 Å². The van der Waals surface area contributed by atoms with Crippen molar-refractivity contribution < 1.29 is 14.3 Å². The fourth-order valence-corrected chi connectivity index (χ4v) is 2.97. The molecule has 0 aliphatic heterocycles. The van der Waals surface area contributed by atoms with Crippen LogP contribution in [0.3, 0.4) is 0 Å². The summed E-state index contributed by atoms with van der Waals surface area (Å²) < 4.78 is 14.3. The Labute approximate surface area is 155 Å². The van der Waals surface area contributed by atoms with Gasteiger partial charge in [0.25, 0.3) is 0 Å². The van der Waals surface area contributed by atoms with Crippen LogP contribution in [0, 0.1) is 5.82 Å². The highest BCUT2D eigenvalue weighted by Gasteiger charge is 2.13. The van der Waals surface area contributed by atoms with Crippen LogP contribution >= 0.6 is 27.7 Å². The number of nitrogens with zero attached hydrogens (tertiary/aromatic N) is 2. The molecule has 6 nitrogen and oxygen atoms in total. The van der Waals surface area contributed by atoms with Gasteiger partial charge in [-0.2, -0.15) is 0 Å². The van der Waals surface area contributed by atoms with Crippen LogP contribution in [0.1, 0.15) is 0 Å². The zero-order valence-electron chi connectivity index (χ0n) is 12.7. The Morgan fingerprint density at radius 1 is 1.32 bits per heavy atom. The first kappa shape index (κ1) is 17.4. The Kier molecular flexibility index (Phi) is 5.34. The van der Waals surface area contributed by atoms with Crippen LogP contribution < -0.4 is 5.32 Å². The summed E-state index contributed by atoms with van der Waals surface area (Å²) in [5, 5.41) is 19.4. The number of carbonyl (C=O) groups excluding carboxylic acids is 1. The van der Waals surface area contributed by atoms with E-state index in [0.29, 0.717) is 16.5 Å². The lowest BCUT2D eigenvalue weighted by Crippen LogP contribution is -2.15. The zero-order chi connectivity index (χ0) is 17.8. The molecule has 128 valence electrons. The molecule has 0 radical (unpaired) electrons. The number of aromatic amines is 1. The average molecular weight is 423 g/mol. The predicted molar refractivity (Wildman–Crippen MR) is 96.9 cm³/mol. The number of amides is 1. The Morgan fingerprint density at radius 3 is 2.92 bits per heavy atom. The van der Waals surface area contributed by atoms with Gasteiger partial charge in [-0.05, 0) is 30.3 Å². The van der Waals surface area contributed by atoms with Crippen molar-refractivity contribution >= 4 is 39.3 Å². The van der Waals surface area contributed by atoms with Crippen molar-refractivity contribution in [2.75, 3.05) is 11.1 Å². The normalized spacial score (nSPS) is 10.6. The fourth-order valence-electron chi connectivity index (χ4n) is 2.01. The number of para-hydroxylation sites is 1. The Hall–Kier alpha value is -2.39. The lowest BCUT2D eigenvalue weighted by molar-refractivity contribution is -0.113. The predicted octanol–water partition coefficient (Wildman–Crippen LogP) is 3.81. The summed E-state index contributed by atoms with van der Waals surface area (Å²) in [6.45, 7) is 0. The van der Waals surface area contributed by atoms with Crippen LogP contribution in [-0.4, -0.2) is 31.9 Å². The van der Waals surface area contributed by atoms with Gasteiger partial charge in [-0.15, -0.1) is 5.10 Å². The van der Waals surface area contributed by atoms with E-state index < -0.39 is 5.82 Å². The Bertz CT molecular complexity index is 919. The van der Waals surface area contributed by atoms with Crippen molar-refractivity contribution in [3.05, 3.63) is 52.8 Å². The Morgan fingerprint density at radius 2 is 2.12 bits per heavy atom. The number of phenolic OH excluding ortho intramolecular Hbond substituents is 1. The molecule has 1 aromatic heterocycles. The molecule has 0 saturated heterocycles. The van der Waals surface area contributed by atoms with E-state index in [-0.39, 0.29) is 23.1 Å². The van der Waals surface area contributed by atoms with Gasteiger partial charge in [0.2, 0.25) is 11.1 Å². The number of halogens is 2. The quantitative estimate of drug-likeness (QED) is 0.543. The van der Waals surface area contributed by atoms with Crippen molar-refractivity contribution in [3.8, 4) is 17.1 Å². The molecular formula is C16H12BrFN4O2S. The van der Waals surface area contributed by atoms with E-state index in [1.54, 1.807) is 24.3 Å². The second kappa shape index (κ2) is 7.66. The fraction of sp³-hybridized carbons (Fsp3) is 0.0625. The molecule has 0 unspecified atom stereocenters. The van der Waals surface area contributed by atoms with Gasteiger partial charge < -0.3 is 10.4 Å². The van der Waals surface area contributed by atoms with Gasteiger partial charge in [-0.1, -0.05) is 39.8 Å². The molecule has 0 bridgehead atoms. The minimum atomic E-state index is -0.494. The van der Waals surface area contributed by atoms with Crippen molar-refractivity contribution in [2.24, 2.45) is 0 Å². The minimum absolute atomic E-state index is 0.0239. The molecule has 0 fully saturated rings. The molecule has 2 aromatic carbocycles. The number of anilines is 1. The van der Waals surface area contributed by atoms with E-state index in [2.05, 4.69) is 36.4 Å². The third kappa shape index (κ3) is 4.37. The number of H-pyrrole nitrogens is 1. The maximum absolute atomic E-state index is 13.5. The van der Waals surface area contributed by atoms with E-state index in [9.17, 15) is 14.3 Å². The summed E-state index contributed by atoms with van der Waals surface area (Å²) in [5.74, 6) is -0.391. The topological polar surface area (TPSA) is 90.9 Å². The van der Waals surface area contributed by atoms with Gasteiger partial charge in [0.1, 0.15) is 11.6 Å². The highest BCUT2D eigenvalue weighted by atomic mass is 79.9. The second-order valence-electron chi connectivity index (χ2n) is 4.94. The molecule has 3 aromatic rings. The van der Waals surface area contributed by atoms with Gasteiger partial charge in [-0.3, -0.25) is 9.89 Å². The number of rotatable bonds is 5. The summed E-state index contributed by atoms with van der Waals surface area (Å²) in [6, 6.07) is 10.9. The molecular weight excluding hydrogens is 411 g/mol. The molecule has 0 aliphatic carbocycles. The van der Waals surface area contributed by atoms with Crippen LogP contribution in [-0.2, 0) is 4.79 Å². The summed E-state index contributed by atoms with van der Waals surface area (Å²) in [4.78, 5) is 16.1. The molecule has 0 saturated carbocycles. The molecule has 0 aliphatic rings. The summed E-state index contributed by atoms with van der Waals surface area (Å²) >= 11 is 4.42. The number of hydrogen-bond acceptors (Lipinski definition) is 5. The van der Waals surface area contributed by atoms with Crippen molar-refractivity contribution in [2.45, 2.75) is 5.16 Å². The van der Waals surface area contributed by atoms with Crippen LogP contribution in [0.4, 0.5) is 10.1 Å². The minimum Gasteiger partial charge on any atom is -0.507 e. The molecule has 0 spiro atoms. The average Bonchev–Trinajstić information content (AvgIpc) is 3.06. The van der Waals surface area contributed by atoms with Gasteiger partial charge in [-0.25, -0.2) is 9.37 Å². The maximum atomic E-state index is 13.5. The van der Waals surface area contributed by atoms with E-state index >= 15 is 0 Å². The summed E-state index contributed by atoms with van der Waals surface area (Å²) in [5.41, 5.74) is 0.618. The molecule has 25 heavy (non-hydrogen) atoms. The van der Waals surface area contributed by atoms with Crippen molar-refractivity contribution in [1.29, 1.82) is 0 Å². The second-order valence-corrected chi connectivity index (χ2v) is 6.80. The standard InChI is InChI=1S/C16H12BrFN4O2S/c17-9-5-6-13(23)10(7-9)15-20-16(22-21-15)25-8-14(24)19-12-4-2-1-3-11(12)18/h1-7,23H,8H2,(H,19,24)(H,20,21,22). The molecule has 0 atom stereocenters. The Balaban J connectivity index is 1.63. The number of aromatic hydroxyl groups is 1. The van der Waals surface area contributed by atoms with E-state index in [0.717, 1.165) is 16.2 Å². The lowest BCUT2D eigenvalue weighted by Gasteiger charge is -2.04. The van der Waals surface area contributed by atoms with E-state index in [1.807, 2.05) is 0 Å². The monoisotopic (exact) mass is 422 g/mol. The number of aromatic nitrogens is 3. The van der Waals surface area contributed by atoms with Crippen molar-refractivity contribution in [3.63, 3.8) is 0 Å². The number of carbonyl (C=O) groups is 1. The lowest BCUT2D eigenvalue weighted by atomic mass is 10.2. The molecule has 1 heterocycles. The first-order chi connectivity index (χ1) is 12.0. The SMILES string of the molecule is O=C(CSc1n[nH]c(-c2cc(Br)ccc2O)n1)Nc1ccccc1F. The van der Waals surface area contributed by atoms with Crippen LogP contribution in [0.5, 0.6) is 5.75 Å². The highest BCUT2D eigenvalue weighted by Crippen LogP contribution is 2.30. The largest absolute Gasteiger partial charge is 0.507 e. The van der Waals surface area contributed by atoms with E-state index in [4.69, 9.17) is 0 Å². The first-order valence-corrected chi connectivity index (χ1v) is 8.89. The van der Waals surface area contributed by atoms with Gasteiger partial charge in [0.15, 0.2) is 5.82 Å². The number of thioether (sulfide) groups is 1. The van der Waals surface area contributed by atoms with Crippen molar-refractivity contribution in [1.82, 2.24) is 15.2 Å². The zero-order valence-corrected chi connectivity index (χ0v) is 15.1.